The quantitative estimate of drug-likeness (QED) is 0.780. The van der Waals surface area contributed by atoms with Crippen LogP contribution in [0.15, 0.2) is 11.0 Å². The average Bonchev–Trinajstić information content (AvgIpc) is 3.00. The Morgan fingerprint density at radius 3 is 3.06 bits per heavy atom. The molecule has 0 saturated heterocycles. The van der Waals surface area contributed by atoms with E-state index in [9.17, 15) is 4.79 Å². The van der Waals surface area contributed by atoms with Crippen LogP contribution in [0.3, 0.4) is 0 Å². The number of halogens is 1. The fourth-order valence-corrected chi connectivity index (χ4v) is 1.68. The minimum atomic E-state index is -0.317. The van der Waals surface area contributed by atoms with Crippen molar-refractivity contribution in [3.05, 3.63) is 21.6 Å². The number of hydrogen-bond donors (Lipinski definition) is 2. The molecule has 0 aliphatic heterocycles. The van der Waals surface area contributed by atoms with Crippen molar-refractivity contribution < 1.29 is 4.74 Å². The van der Waals surface area contributed by atoms with Gasteiger partial charge in [0, 0.05) is 19.2 Å². The van der Waals surface area contributed by atoms with Crippen LogP contribution in [-0.2, 0) is 11.3 Å². The zero-order valence-corrected chi connectivity index (χ0v) is 10.3. The third-order valence-electron chi connectivity index (χ3n) is 2.67. The first-order valence-electron chi connectivity index (χ1n) is 5.40. The van der Waals surface area contributed by atoms with E-state index >= 15 is 0 Å². The third-order valence-corrected chi connectivity index (χ3v) is 3.04. The van der Waals surface area contributed by atoms with Crippen LogP contribution in [0, 0.1) is 0 Å². The third kappa shape index (κ3) is 2.77. The predicted octanol–water partition coefficient (Wildman–Crippen LogP) is 0.0546. The summed E-state index contributed by atoms with van der Waals surface area (Å²) in [4.78, 5) is 11.8. The van der Waals surface area contributed by atoms with E-state index in [-0.39, 0.29) is 22.7 Å². The Balaban J connectivity index is 2.14. The minimum absolute atomic E-state index is 0.141. The van der Waals surface area contributed by atoms with Crippen molar-refractivity contribution in [2.75, 3.05) is 19.0 Å². The fourth-order valence-electron chi connectivity index (χ4n) is 1.48. The maximum absolute atomic E-state index is 11.8. The van der Waals surface area contributed by atoms with Crippen LogP contribution in [0.5, 0.6) is 0 Å². The van der Waals surface area contributed by atoms with Crippen LogP contribution in [-0.4, -0.2) is 35.6 Å². The van der Waals surface area contributed by atoms with Crippen LogP contribution in [0.4, 0.5) is 5.69 Å². The second kappa shape index (κ2) is 5.03. The van der Waals surface area contributed by atoms with Crippen molar-refractivity contribution in [3.8, 4) is 0 Å². The maximum Gasteiger partial charge on any atom is 0.287 e. The van der Waals surface area contributed by atoms with Crippen molar-refractivity contribution >= 4 is 17.3 Å². The van der Waals surface area contributed by atoms with Gasteiger partial charge in [0.15, 0.2) is 0 Å². The topological polar surface area (TPSA) is 82.2 Å². The Labute approximate surface area is 104 Å². The molecule has 3 N–H and O–H groups in total. The van der Waals surface area contributed by atoms with Crippen molar-refractivity contribution in [1.82, 2.24) is 9.78 Å². The number of rotatable bonds is 5. The standard InChI is InChI=1S/C10H15ClN4O2/c1-17-3-2-15-10(16)9(11)8(5-13-15)14-7-4-6(7)12/h5-7,14H,2-4,12H2,1H3. The number of aromatic nitrogens is 2. The first kappa shape index (κ1) is 12.3. The molecule has 0 spiro atoms. The van der Waals surface area contributed by atoms with Crippen molar-refractivity contribution in [2.24, 2.45) is 5.73 Å². The molecule has 1 heterocycles. The van der Waals surface area contributed by atoms with Crippen LogP contribution in [0.2, 0.25) is 5.02 Å². The summed E-state index contributed by atoms with van der Waals surface area (Å²) in [5.41, 5.74) is 5.90. The van der Waals surface area contributed by atoms with E-state index < -0.39 is 0 Å². The number of nitrogens with zero attached hydrogens (tertiary/aromatic N) is 2. The minimum Gasteiger partial charge on any atom is -0.383 e. The monoisotopic (exact) mass is 258 g/mol. The molecule has 2 rings (SSSR count). The molecule has 0 radical (unpaired) electrons. The normalized spacial score (nSPS) is 22.5. The molecule has 0 bridgehead atoms. The fraction of sp³-hybridized carbons (Fsp3) is 0.600. The zero-order chi connectivity index (χ0) is 12.4. The number of nitrogens with two attached hydrogens (primary N) is 1. The van der Waals surface area contributed by atoms with E-state index in [0.29, 0.717) is 18.8 Å². The average molecular weight is 259 g/mol. The molecule has 6 nitrogen and oxygen atoms in total. The lowest BCUT2D eigenvalue weighted by Crippen LogP contribution is -2.26. The van der Waals surface area contributed by atoms with Crippen molar-refractivity contribution in [2.45, 2.75) is 25.0 Å². The lowest BCUT2D eigenvalue weighted by Gasteiger charge is -2.09. The number of methoxy groups -OCH3 is 1. The van der Waals surface area contributed by atoms with Gasteiger partial charge in [-0.05, 0) is 6.42 Å². The van der Waals surface area contributed by atoms with Crippen LogP contribution in [0.25, 0.3) is 0 Å². The van der Waals surface area contributed by atoms with Gasteiger partial charge in [0.1, 0.15) is 5.02 Å². The predicted molar refractivity (Wildman–Crippen MR) is 65.4 cm³/mol. The molecular formula is C10H15ClN4O2. The van der Waals surface area contributed by atoms with E-state index in [1.807, 2.05) is 0 Å². The molecule has 1 aliphatic carbocycles. The largest absolute Gasteiger partial charge is 0.383 e. The van der Waals surface area contributed by atoms with Gasteiger partial charge in [0.05, 0.1) is 25.0 Å². The Morgan fingerprint density at radius 2 is 2.47 bits per heavy atom. The Kier molecular flexibility index (Phi) is 3.66. The Bertz CT molecular complexity index is 462. The van der Waals surface area contributed by atoms with Gasteiger partial charge < -0.3 is 15.8 Å². The Morgan fingerprint density at radius 1 is 1.76 bits per heavy atom. The van der Waals surface area contributed by atoms with E-state index in [2.05, 4.69) is 10.4 Å². The molecule has 1 aromatic heterocycles. The van der Waals surface area contributed by atoms with Gasteiger partial charge in [0.25, 0.3) is 5.56 Å². The number of hydrogen-bond acceptors (Lipinski definition) is 5. The van der Waals surface area contributed by atoms with Gasteiger partial charge in [-0.25, -0.2) is 4.68 Å². The lowest BCUT2D eigenvalue weighted by atomic mass is 10.4. The number of ether oxygens (including phenoxy) is 1. The van der Waals surface area contributed by atoms with E-state index in [4.69, 9.17) is 22.1 Å². The summed E-state index contributed by atoms with van der Waals surface area (Å²) in [6, 6.07) is 0.338. The first-order chi connectivity index (χ1) is 8.13. The van der Waals surface area contributed by atoms with Crippen molar-refractivity contribution in [3.63, 3.8) is 0 Å². The van der Waals surface area contributed by atoms with Crippen LogP contribution in [0.1, 0.15) is 6.42 Å². The molecule has 0 amide bonds. The molecule has 0 aromatic carbocycles. The highest BCUT2D eigenvalue weighted by molar-refractivity contribution is 6.32. The van der Waals surface area contributed by atoms with Gasteiger partial charge in [-0.3, -0.25) is 4.79 Å². The van der Waals surface area contributed by atoms with Gasteiger partial charge >= 0.3 is 0 Å². The molecule has 94 valence electrons. The second-order valence-electron chi connectivity index (χ2n) is 4.04. The SMILES string of the molecule is COCCn1ncc(NC2CC2N)c(Cl)c1=O. The summed E-state index contributed by atoms with van der Waals surface area (Å²) < 4.78 is 6.17. The number of nitrogens with one attached hydrogen (secondary N) is 1. The summed E-state index contributed by atoms with van der Waals surface area (Å²) in [5, 5.41) is 7.26. The lowest BCUT2D eigenvalue weighted by molar-refractivity contribution is 0.182. The maximum atomic E-state index is 11.8. The Hall–Kier alpha value is -1.11. The first-order valence-corrected chi connectivity index (χ1v) is 5.78. The van der Waals surface area contributed by atoms with E-state index in [1.165, 1.54) is 4.68 Å². The van der Waals surface area contributed by atoms with Gasteiger partial charge in [-0.15, -0.1) is 0 Å². The molecule has 1 fully saturated rings. The highest BCUT2D eigenvalue weighted by Gasteiger charge is 2.34. The molecule has 2 atom stereocenters. The highest BCUT2D eigenvalue weighted by atomic mass is 35.5. The molecular weight excluding hydrogens is 244 g/mol. The molecule has 1 aromatic rings. The summed E-state index contributed by atoms with van der Waals surface area (Å²) in [7, 11) is 1.57. The van der Waals surface area contributed by atoms with Crippen LogP contribution < -0.4 is 16.6 Å². The summed E-state index contributed by atoms with van der Waals surface area (Å²) in [6.45, 7) is 0.807. The molecule has 1 aliphatic rings. The smallest absolute Gasteiger partial charge is 0.287 e. The molecule has 7 heteroatoms. The summed E-state index contributed by atoms with van der Waals surface area (Å²) >= 11 is 5.98. The number of anilines is 1. The van der Waals surface area contributed by atoms with Gasteiger partial charge in [-0.1, -0.05) is 11.6 Å². The summed E-state index contributed by atoms with van der Waals surface area (Å²) in [6.07, 6.45) is 2.44. The van der Waals surface area contributed by atoms with Gasteiger partial charge in [0.2, 0.25) is 0 Å². The van der Waals surface area contributed by atoms with E-state index in [0.717, 1.165) is 6.42 Å². The van der Waals surface area contributed by atoms with Crippen LogP contribution >= 0.6 is 11.6 Å². The molecule has 2 unspecified atom stereocenters. The van der Waals surface area contributed by atoms with Crippen molar-refractivity contribution in [1.29, 1.82) is 0 Å². The second-order valence-corrected chi connectivity index (χ2v) is 4.42. The zero-order valence-electron chi connectivity index (χ0n) is 9.52. The summed E-state index contributed by atoms with van der Waals surface area (Å²) in [5.74, 6) is 0. The van der Waals surface area contributed by atoms with E-state index in [1.54, 1.807) is 13.3 Å². The molecule has 17 heavy (non-hydrogen) atoms. The highest BCUT2D eigenvalue weighted by Crippen LogP contribution is 2.26. The van der Waals surface area contributed by atoms with Gasteiger partial charge in [-0.2, -0.15) is 5.10 Å². The molecule has 1 saturated carbocycles.